The number of anilines is 3. The summed E-state index contributed by atoms with van der Waals surface area (Å²) in [5, 5.41) is 46.0. The average molecular weight is 1010 g/mol. The number of nitrogens with zero attached hydrogens (tertiary/aromatic N) is 7. The lowest BCUT2D eigenvalue weighted by atomic mass is 9.82. The van der Waals surface area contributed by atoms with Gasteiger partial charge >= 0.3 is 23.9 Å². The number of aliphatic carboxylic acids is 4. The van der Waals surface area contributed by atoms with Crippen molar-refractivity contribution in [3.05, 3.63) is 108 Å². The van der Waals surface area contributed by atoms with Gasteiger partial charge in [-0.1, -0.05) is 36.1 Å². The van der Waals surface area contributed by atoms with Crippen LogP contribution in [0.1, 0.15) is 91.7 Å². The number of halogens is 1. The Morgan fingerprint density at radius 3 is 2.14 bits per heavy atom. The molecule has 0 aliphatic carbocycles. The number of aryl methyl sites for hydroxylation is 2. The largest absolute Gasteiger partial charge is 0.488 e. The molecule has 2 atom stereocenters. The maximum atomic E-state index is 12.4. The van der Waals surface area contributed by atoms with Crippen molar-refractivity contribution in [2.24, 2.45) is 5.11 Å². The van der Waals surface area contributed by atoms with Crippen molar-refractivity contribution in [3.8, 4) is 23.0 Å². The zero-order valence-corrected chi connectivity index (χ0v) is 41.0. The Bertz CT molecular complexity index is 2970. The SMILES string of the molecule is CC(CCCCC(COc1cc(C2=c3cc4c5c(c3Oc3c2cc2c6c3CCCN6CCC2)CCC[N+]=5CCC4)ccc1N(CC(=O)O)CC(=O)O)Oc1ccc(Cl)cc1N(CC(=O)O)CC(=O)O)N=[N+]=[N-]. The van der Waals surface area contributed by atoms with Gasteiger partial charge in [0.2, 0.25) is 5.36 Å². The van der Waals surface area contributed by atoms with E-state index in [0.717, 1.165) is 116 Å². The average Bonchev–Trinajstić information content (AvgIpc) is 3.34. The maximum absolute atomic E-state index is 12.4. The van der Waals surface area contributed by atoms with E-state index >= 15 is 0 Å². The van der Waals surface area contributed by atoms with Crippen molar-refractivity contribution in [2.45, 2.75) is 96.1 Å². The number of rotatable bonds is 22. The minimum absolute atomic E-state index is 0.132. The van der Waals surface area contributed by atoms with E-state index in [1.54, 1.807) is 12.1 Å². The van der Waals surface area contributed by atoms with Crippen LogP contribution >= 0.6 is 11.6 Å². The van der Waals surface area contributed by atoms with E-state index in [1.807, 2.05) is 19.1 Å². The minimum atomic E-state index is -1.27. The standard InChI is InChI=1S/C53H58ClN7O11/c1-31(56-57-55)8-2-3-11-36(71-43-17-15-35(54)25-42(43)61(28-47(66)67)29-48(68)69)30-70-44-24-32(14-16-41(44)60(26-45(62)63)27-46(64)65)49-39-22-33-9-4-18-58-20-6-12-37(50(33)58)52(39)72-53-38-13-7-21-59-19-5-10-34(51(38)59)23-40(49)53/h14-17,22-25,31,36H,2-13,18-21,26-30H2,1H3,(H3-,62,63,64,65,66,67,68,69)/p+1. The molecule has 0 spiro atoms. The summed E-state index contributed by atoms with van der Waals surface area (Å²) in [6.07, 6.45) is 9.00. The molecule has 5 heterocycles. The summed E-state index contributed by atoms with van der Waals surface area (Å²) in [5.41, 5.74) is 18.3. The fraction of sp³-hybridized carbons (Fsp3) is 0.453. The summed E-state index contributed by atoms with van der Waals surface area (Å²) in [6, 6.07) is 14.3. The number of ether oxygens (including phenoxy) is 3. The number of hydrogen-bond acceptors (Lipinski definition) is 11. The fourth-order valence-electron chi connectivity index (χ4n) is 11.3. The van der Waals surface area contributed by atoms with Crippen molar-refractivity contribution in [3.63, 3.8) is 0 Å². The lowest BCUT2D eigenvalue weighted by Gasteiger charge is -2.39. The van der Waals surface area contributed by atoms with Crippen molar-refractivity contribution >= 4 is 58.1 Å². The van der Waals surface area contributed by atoms with Crippen molar-refractivity contribution in [1.82, 2.24) is 4.58 Å². The number of unbranched alkanes of at least 4 members (excludes halogenated alkanes) is 1. The molecule has 378 valence electrons. The second kappa shape index (κ2) is 21.7. The first-order valence-electron chi connectivity index (χ1n) is 24.8. The van der Waals surface area contributed by atoms with Gasteiger partial charge in [0.1, 0.15) is 75.0 Å². The van der Waals surface area contributed by atoms with Gasteiger partial charge in [0.15, 0.2) is 0 Å². The molecule has 4 aromatic rings. The van der Waals surface area contributed by atoms with Gasteiger partial charge in [0.25, 0.3) is 0 Å². The van der Waals surface area contributed by atoms with Crippen LogP contribution in [0.2, 0.25) is 5.02 Å². The van der Waals surface area contributed by atoms with Gasteiger partial charge < -0.3 is 49.3 Å². The van der Waals surface area contributed by atoms with Gasteiger partial charge in [-0.3, -0.25) is 19.2 Å². The minimum Gasteiger partial charge on any atom is -0.488 e. The predicted octanol–water partition coefficient (Wildman–Crippen LogP) is 6.81. The van der Waals surface area contributed by atoms with E-state index in [9.17, 15) is 39.6 Å². The van der Waals surface area contributed by atoms with E-state index in [1.165, 1.54) is 50.3 Å². The van der Waals surface area contributed by atoms with E-state index in [0.29, 0.717) is 25.7 Å². The summed E-state index contributed by atoms with van der Waals surface area (Å²) < 4.78 is 23.2. The van der Waals surface area contributed by atoms with Crippen molar-refractivity contribution in [2.75, 3.05) is 73.7 Å². The van der Waals surface area contributed by atoms with Gasteiger partial charge in [-0.25, -0.2) is 4.58 Å². The first kappa shape index (κ1) is 49.8. The van der Waals surface area contributed by atoms with Gasteiger partial charge in [-0.05, 0) is 117 Å². The third kappa shape index (κ3) is 10.7. The van der Waals surface area contributed by atoms with Crippen LogP contribution in [0.3, 0.4) is 0 Å². The summed E-state index contributed by atoms with van der Waals surface area (Å²) in [5.74, 6) is -2.99. The van der Waals surface area contributed by atoms with E-state index in [-0.39, 0.29) is 40.5 Å². The molecule has 0 bridgehead atoms. The lowest BCUT2D eigenvalue weighted by molar-refractivity contribution is -0.138. The van der Waals surface area contributed by atoms with E-state index in [2.05, 4.69) is 31.6 Å². The first-order valence-corrected chi connectivity index (χ1v) is 25.2. The Morgan fingerprint density at radius 1 is 0.778 bits per heavy atom. The normalized spacial score (nSPS) is 15.8. The highest BCUT2D eigenvalue weighted by Crippen LogP contribution is 2.49. The molecule has 9 rings (SSSR count). The quantitative estimate of drug-likeness (QED) is 0.0183. The number of fused-ring (bicyclic) bond motifs is 4. The highest BCUT2D eigenvalue weighted by molar-refractivity contribution is 6.31. The molecule has 0 saturated carbocycles. The molecule has 5 aliphatic heterocycles. The summed E-state index contributed by atoms with van der Waals surface area (Å²) >= 11 is 6.41. The van der Waals surface area contributed by atoms with Gasteiger partial charge in [0.05, 0.1) is 16.9 Å². The molecule has 18 nitrogen and oxygen atoms in total. The first-order chi connectivity index (χ1) is 34.8. The molecule has 19 heteroatoms. The fourth-order valence-corrected chi connectivity index (χ4v) is 11.5. The lowest BCUT2D eigenvalue weighted by Crippen LogP contribution is -2.45. The Morgan fingerprint density at radius 2 is 1.43 bits per heavy atom. The molecule has 0 radical (unpaired) electrons. The molecule has 4 N–H and O–H groups in total. The smallest absolute Gasteiger partial charge is 0.323 e. The van der Waals surface area contributed by atoms with Gasteiger partial charge in [-0.2, -0.15) is 0 Å². The summed E-state index contributed by atoms with van der Waals surface area (Å²) in [7, 11) is 0. The number of carboxylic acid groups (broad SMARTS) is 4. The topological polar surface area (TPSA) is 238 Å². The summed E-state index contributed by atoms with van der Waals surface area (Å²) in [6.45, 7) is 3.01. The third-order valence-corrected chi connectivity index (χ3v) is 14.4. The van der Waals surface area contributed by atoms with Crippen molar-refractivity contribution < 1.29 is 53.8 Å². The van der Waals surface area contributed by atoms with Gasteiger partial charge in [-0.15, -0.1) is 0 Å². The van der Waals surface area contributed by atoms with E-state index in [4.69, 9.17) is 31.3 Å². The molecule has 0 amide bonds. The number of hydrogen-bond donors (Lipinski definition) is 4. The van der Waals surface area contributed by atoms with Crippen LogP contribution in [0.15, 0.2) is 53.6 Å². The van der Waals surface area contributed by atoms with Crippen LogP contribution in [0.5, 0.6) is 23.0 Å². The van der Waals surface area contributed by atoms with Gasteiger partial charge in [0, 0.05) is 75.1 Å². The van der Waals surface area contributed by atoms with Crippen LogP contribution in [-0.2, 0) is 44.9 Å². The Kier molecular flexibility index (Phi) is 15.0. The molecule has 4 aromatic carbocycles. The number of carbonyl (C=O) groups is 4. The monoisotopic (exact) mass is 1000 g/mol. The van der Waals surface area contributed by atoms with Crippen LogP contribution in [-0.4, -0.2) is 115 Å². The molecule has 0 aromatic heterocycles. The molecule has 0 fully saturated rings. The Hall–Kier alpha value is -7.17. The van der Waals surface area contributed by atoms with Crippen LogP contribution in [0, 0.1) is 0 Å². The van der Waals surface area contributed by atoms with Crippen LogP contribution in [0.4, 0.5) is 17.1 Å². The maximum Gasteiger partial charge on any atom is 0.323 e. The zero-order valence-electron chi connectivity index (χ0n) is 40.3. The van der Waals surface area contributed by atoms with Crippen LogP contribution in [0.25, 0.3) is 16.0 Å². The zero-order chi connectivity index (χ0) is 50.6. The number of carboxylic acids is 4. The number of benzene rings is 4. The van der Waals surface area contributed by atoms with Crippen LogP contribution < -0.4 is 44.1 Å². The Balaban J connectivity index is 1.19. The predicted molar refractivity (Wildman–Crippen MR) is 270 cm³/mol. The molecule has 5 aliphatic rings. The molecular weight excluding hydrogens is 946 g/mol. The second-order valence-corrected chi connectivity index (χ2v) is 19.8. The number of azide groups is 1. The van der Waals surface area contributed by atoms with Crippen molar-refractivity contribution in [1.29, 1.82) is 0 Å². The highest BCUT2D eigenvalue weighted by atomic mass is 35.5. The van der Waals surface area contributed by atoms with E-state index < -0.39 is 56.2 Å². The highest BCUT2D eigenvalue weighted by Gasteiger charge is 2.36. The molecule has 72 heavy (non-hydrogen) atoms. The second-order valence-electron chi connectivity index (χ2n) is 19.3. The summed E-state index contributed by atoms with van der Waals surface area (Å²) in [4.78, 5) is 56.6. The molecule has 0 saturated heterocycles. The Labute approximate surface area is 420 Å². The molecular formula is C53H59ClN7O11+. The third-order valence-electron chi connectivity index (χ3n) is 14.2. The molecule has 2 unspecified atom stereocenters.